The minimum absolute atomic E-state index is 0.0354. The Kier molecular flexibility index (Phi) is 2.97. The van der Waals surface area contributed by atoms with Gasteiger partial charge in [0.15, 0.2) is 0 Å². The standard InChI is InChI=1S/C12H14N6O2/c1-13-10-6-9(18(19)20)7-11(15-10)17-5-4-16-3-2-14-12(16)8-17/h2-3,6-7H,4-5,8H2,1H3,(H,13,15). The molecular weight excluding hydrogens is 260 g/mol. The minimum Gasteiger partial charge on any atom is -0.373 e. The fourth-order valence-corrected chi connectivity index (χ4v) is 2.27. The summed E-state index contributed by atoms with van der Waals surface area (Å²) in [7, 11) is 1.69. The topological polar surface area (TPSA) is 89.1 Å². The van der Waals surface area contributed by atoms with Gasteiger partial charge < -0.3 is 14.8 Å². The Hall–Kier alpha value is -2.64. The van der Waals surface area contributed by atoms with Crippen molar-refractivity contribution in [2.45, 2.75) is 13.1 Å². The van der Waals surface area contributed by atoms with Crippen molar-refractivity contribution in [3.05, 3.63) is 40.5 Å². The van der Waals surface area contributed by atoms with Gasteiger partial charge in [-0.2, -0.15) is 0 Å². The van der Waals surface area contributed by atoms with Crippen molar-refractivity contribution in [1.82, 2.24) is 14.5 Å². The number of nitrogens with zero attached hydrogens (tertiary/aromatic N) is 5. The fraction of sp³-hybridized carbons (Fsp3) is 0.333. The van der Waals surface area contributed by atoms with Crippen molar-refractivity contribution in [2.24, 2.45) is 0 Å². The van der Waals surface area contributed by atoms with Crippen molar-refractivity contribution in [3.8, 4) is 0 Å². The normalized spacial score (nSPS) is 13.9. The van der Waals surface area contributed by atoms with Gasteiger partial charge in [-0.05, 0) is 0 Å². The summed E-state index contributed by atoms with van der Waals surface area (Å²) in [5.74, 6) is 2.02. The van der Waals surface area contributed by atoms with Crippen LogP contribution in [0.4, 0.5) is 17.3 Å². The maximum Gasteiger partial charge on any atom is 0.276 e. The maximum absolute atomic E-state index is 11.0. The molecule has 0 spiro atoms. The second-order valence-electron chi connectivity index (χ2n) is 4.53. The molecule has 8 heteroatoms. The largest absolute Gasteiger partial charge is 0.373 e. The molecule has 0 saturated heterocycles. The predicted molar refractivity (Wildman–Crippen MR) is 73.7 cm³/mol. The first kappa shape index (κ1) is 12.4. The molecule has 0 saturated carbocycles. The van der Waals surface area contributed by atoms with Gasteiger partial charge in [0.1, 0.15) is 17.5 Å². The van der Waals surface area contributed by atoms with Crippen LogP contribution in [0.1, 0.15) is 5.82 Å². The Bertz CT molecular complexity index is 653. The zero-order valence-corrected chi connectivity index (χ0v) is 11.0. The van der Waals surface area contributed by atoms with Crippen molar-refractivity contribution >= 4 is 17.3 Å². The van der Waals surface area contributed by atoms with E-state index in [2.05, 4.69) is 19.9 Å². The van der Waals surface area contributed by atoms with E-state index >= 15 is 0 Å². The molecule has 0 amide bonds. The van der Waals surface area contributed by atoms with Gasteiger partial charge in [-0.3, -0.25) is 10.1 Å². The highest BCUT2D eigenvalue weighted by Gasteiger charge is 2.20. The molecule has 1 N–H and O–H groups in total. The van der Waals surface area contributed by atoms with E-state index in [1.807, 2.05) is 11.1 Å². The van der Waals surface area contributed by atoms with Gasteiger partial charge in [0, 0.05) is 32.5 Å². The van der Waals surface area contributed by atoms with Crippen LogP contribution in [0.25, 0.3) is 0 Å². The number of rotatable bonds is 3. The van der Waals surface area contributed by atoms with Gasteiger partial charge >= 0.3 is 0 Å². The third kappa shape index (κ3) is 2.15. The van der Waals surface area contributed by atoms with E-state index in [0.717, 1.165) is 18.9 Å². The number of aromatic nitrogens is 3. The van der Waals surface area contributed by atoms with Crippen LogP contribution in [-0.2, 0) is 13.1 Å². The summed E-state index contributed by atoms with van der Waals surface area (Å²) < 4.78 is 2.08. The molecular formula is C12H14N6O2. The summed E-state index contributed by atoms with van der Waals surface area (Å²) in [5, 5.41) is 13.8. The van der Waals surface area contributed by atoms with Crippen LogP contribution in [0.15, 0.2) is 24.5 Å². The van der Waals surface area contributed by atoms with Crippen LogP contribution in [0.2, 0.25) is 0 Å². The first-order valence-corrected chi connectivity index (χ1v) is 6.26. The molecule has 1 aliphatic heterocycles. The number of nitrogens with one attached hydrogen (secondary N) is 1. The molecule has 0 fully saturated rings. The summed E-state index contributed by atoms with van der Waals surface area (Å²) in [6, 6.07) is 2.92. The Balaban J connectivity index is 1.94. The van der Waals surface area contributed by atoms with Gasteiger partial charge in [-0.1, -0.05) is 0 Å². The van der Waals surface area contributed by atoms with Crippen molar-refractivity contribution in [1.29, 1.82) is 0 Å². The van der Waals surface area contributed by atoms with Gasteiger partial charge in [0.05, 0.1) is 23.6 Å². The van der Waals surface area contributed by atoms with E-state index in [4.69, 9.17) is 0 Å². The zero-order chi connectivity index (χ0) is 14.1. The van der Waals surface area contributed by atoms with Crippen molar-refractivity contribution in [2.75, 3.05) is 23.8 Å². The first-order chi connectivity index (χ1) is 9.67. The number of pyridine rings is 1. The molecule has 3 heterocycles. The zero-order valence-electron chi connectivity index (χ0n) is 11.0. The number of nitro groups is 1. The number of anilines is 2. The lowest BCUT2D eigenvalue weighted by Crippen LogP contribution is -2.34. The van der Waals surface area contributed by atoms with Gasteiger partial charge in [0.2, 0.25) is 0 Å². The Labute approximate surface area is 115 Å². The molecule has 1 aliphatic rings. The third-order valence-corrected chi connectivity index (χ3v) is 3.33. The van der Waals surface area contributed by atoms with Crippen molar-refractivity contribution < 1.29 is 4.92 Å². The summed E-state index contributed by atoms with van der Waals surface area (Å²) in [6.07, 6.45) is 3.70. The monoisotopic (exact) mass is 274 g/mol. The second-order valence-corrected chi connectivity index (χ2v) is 4.53. The van der Waals surface area contributed by atoms with E-state index in [0.29, 0.717) is 18.2 Å². The lowest BCUT2D eigenvalue weighted by molar-refractivity contribution is -0.384. The Morgan fingerprint density at radius 3 is 3.00 bits per heavy atom. The highest BCUT2D eigenvalue weighted by molar-refractivity contribution is 5.55. The molecule has 104 valence electrons. The average Bonchev–Trinajstić information content (AvgIpc) is 2.94. The van der Waals surface area contributed by atoms with Crippen LogP contribution in [0.5, 0.6) is 0 Å². The van der Waals surface area contributed by atoms with Gasteiger partial charge in [0.25, 0.3) is 5.69 Å². The third-order valence-electron chi connectivity index (χ3n) is 3.33. The predicted octanol–water partition coefficient (Wildman–Crippen LogP) is 1.25. The van der Waals surface area contributed by atoms with Crippen LogP contribution >= 0.6 is 0 Å². The van der Waals surface area contributed by atoms with Crippen LogP contribution in [0, 0.1) is 10.1 Å². The lowest BCUT2D eigenvalue weighted by Gasteiger charge is -2.28. The number of fused-ring (bicyclic) bond motifs is 1. The molecule has 2 aromatic rings. The fourth-order valence-electron chi connectivity index (χ4n) is 2.27. The smallest absolute Gasteiger partial charge is 0.276 e. The van der Waals surface area contributed by atoms with Crippen LogP contribution in [0.3, 0.4) is 0 Å². The molecule has 0 atom stereocenters. The minimum atomic E-state index is -0.406. The summed E-state index contributed by atoms with van der Waals surface area (Å²) >= 11 is 0. The quantitative estimate of drug-likeness (QED) is 0.669. The number of imidazole rings is 1. The highest BCUT2D eigenvalue weighted by Crippen LogP contribution is 2.25. The lowest BCUT2D eigenvalue weighted by atomic mass is 10.3. The summed E-state index contributed by atoms with van der Waals surface area (Å²) in [6.45, 7) is 2.15. The Morgan fingerprint density at radius 2 is 2.25 bits per heavy atom. The molecule has 0 aromatic carbocycles. The summed E-state index contributed by atoms with van der Waals surface area (Å²) in [5.41, 5.74) is 0.0354. The first-order valence-electron chi connectivity index (χ1n) is 6.26. The van der Waals surface area contributed by atoms with Crippen LogP contribution < -0.4 is 10.2 Å². The number of hydrogen-bond acceptors (Lipinski definition) is 6. The summed E-state index contributed by atoms with van der Waals surface area (Å²) in [4.78, 5) is 21.2. The van der Waals surface area contributed by atoms with E-state index in [-0.39, 0.29) is 5.69 Å². The molecule has 0 bridgehead atoms. The van der Waals surface area contributed by atoms with Crippen molar-refractivity contribution in [3.63, 3.8) is 0 Å². The maximum atomic E-state index is 11.0. The SMILES string of the molecule is CNc1cc([N+](=O)[O-])cc(N2CCn3ccnc3C2)n1. The number of hydrogen-bond donors (Lipinski definition) is 1. The molecule has 20 heavy (non-hydrogen) atoms. The molecule has 0 aliphatic carbocycles. The van der Waals surface area contributed by atoms with E-state index in [1.165, 1.54) is 12.1 Å². The van der Waals surface area contributed by atoms with E-state index in [1.54, 1.807) is 13.2 Å². The van der Waals surface area contributed by atoms with Gasteiger partial charge in [-0.15, -0.1) is 0 Å². The molecule has 8 nitrogen and oxygen atoms in total. The van der Waals surface area contributed by atoms with Crippen LogP contribution in [-0.4, -0.2) is 33.1 Å². The second kappa shape index (κ2) is 4.80. The molecule has 3 rings (SSSR count). The molecule has 2 aromatic heterocycles. The molecule has 0 unspecified atom stereocenters. The van der Waals surface area contributed by atoms with E-state index < -0.39 is 4.92 Å². The highest BCUT2D eigenvalue weighted by atomic mass is 16.6. The Morgan fingerprint density at radius 1 is 1.40 bits per heavy atom. The average molecular weight is 274 g/mol. The molecule has 0 radical (unpaired) electrons. The van der Waals surface area contributed by atoms with Gasteiger partial charge in [-0.25, -0.2) is 9.97 Å². The van der Waals surface area contributed by atoms with E-state index in [9.17, 15) is 10.1 Å².